The zero-order valence-corrected chi connectivity index (χ0v) is 12.0. The van der Waals surface area contributed by atoms with Gasteiger partial charge in [0, 0.05) is 5.41 Å². The standard InChI is InChI=1S/C14H18N4S/c1-19-13-16-9-11-8-15-12(18(11)17-13)14-5-2-10(3-6-14)4-7-14/h8-10H,2-7H2,1H3. The van der Waals surface area contributed by atoms with E-state index in [2.05, 4.69) is 10.1 Å². The van der Waals surface area contributed by atoms with Crippen LogP contribution in [0.25, 0.3) is 5.52 Å². The third-order valence-corrected chi connectivity index (χ3v) is 5.56. The van der Waals surface area contributed by atoms with Crippen molar-refractivity contribution in [3.05, 3.63) is 18.2 Å². The highest BCUT2D eigenvalue weighted by molar-refractivity contribution is 7.98. The summed E-state index contributed by atoms with van der Waals surface area (Å²) < 4.78 is 2.05. The summed E-state index contributed by atoms with van der Waals surface area (Å²) in [5, 5.41) is 5.47. The summed E-state index contributed by atoms with van der Waals surface area (Å²) in [5.74, 6) is 2.16. The molecule has 3 aliphatic rings. The van der Waals surface area contributed by atoms with Crippen LogP contribution in [0.1, 0.15) is 44.3 Å². The van der Waals surface area contributed by atoms with Crippen LogP contribution in [0, 0.1) is 5.92 Å². The lowest BCUT2D eigenvalue weighted by Crippen LogP contribution is -2.39. The normalized spacial score (nSPS) is 30.1. The molecule has 19 heavy (non-hydrogen) atoms. The highest BCUT2D eigenvalue weighted by atomic mass is 32.2. The molecule has 0 amide bonds. The molecule has 5 rings (SSSR count). The Hall–Kier alpha value is -1.10. The van der Waals surface area contributed by atoms with E-state index in [0.717, 1.165) is 16.6 Å². The van der Waals surface area contributed by atoms with Crippen LogP contribution in [0.5, 0.6) is 0 Å². The van der Waals surface area contributed by atoms with Crippen molar-refractivity contribution in [2.45, 2.75) is 49.1 Å². The van der Waals surface area contributed by atoms with Crippen molar-refractivity contribution in [1.82, 2.24) is 19.6 Å². The smallest absolute Gasteiger partial charge is 0.207 e. The van der Waals surface area contributed by atoms with E-state index in [9.17, 15) is 0 Å². The molecule has 5 heteroatoms. The summed E-state index contributed by atoms with van der Waals surface area (Å²) in [6.07, 6.45) is 13.8. The molecular formula is C14H18N4S. The molecule has 0 aliphatic heterocycles. The molecule has 4 nitrogen and oxygen atoms in total. The first-order valence-electron chi connectivity index (χ1n) is 7.06. The molecule has 0 N–H and O–H groups in total. The number of hydrogen-bond donors (Lipinski definition) is 0. The molecule has 0 radical (unpaired) electrons. The highest BCUT2D eigenvalue weighted by Crippen LogP contribution is 2.51. The Balaban J connectivity index is 1.85. The lowest BCUT2D eigenvalue weighted by atomic mass is 9.60. The molecule has 0 unspecified atom stereocenters. The third kappa shape index (κ3) is 1.71. The van der Waals surface area contributed by atoms with Gasteiger partial charge in [0.15, 0.2) is 0 Å². The minimum Gasteiger partial charge on any atom is -0.238 e. The van der Waals surface area contributed by atoms with Gasteiger partial charge in [-0.25, -0.2) is 14.5 Å². The fourth-order valence-corrected chi connectivity index (χ4v) is 4.15. The summed E-state index contributed by atoms with van der Waals surface area (Å²) in [7, 11) is 0. The largest absolute Gasteiger partial charge is 0.238 e. The number of fused-ring (bicyclic) bond motifs is 4. The van der Waals surface area contributed by atoms with Crippen LogP contribution in [-0.2, 0) is 5.41 Å². The van der Waals surface area contributed by atoms with E-state index in [-0.39, 0.29) is 5.41 Å². The lowest BCUT2D eigenvalue weighted by Gasteiger charge is -2.45. The van der Waals surface area contributed by atoms with Crippen LogP contribution in [0.4, 0.5) is 0 Å². The summed E-state index contributed by atoms with van der Waals surface area (Å²) in [4.78, 5) is 9.05. The van der Waals surface area contributed by atoms with Gasteiger partial charge >= 0.3 is 0 Å². The Morgan fingerprint density at radius 3 is 2.53 bits per heavy atom. The molecule has 3 aliphatic carbocycles. The fourth-order valence-electron chi connectivity index (χ4n) is 3.82. The Morgan fingerprint density at radius 1 is 1.16 bits per heavy atom. The lowest BCUT2D eigenvalue weighted by molar-refractivity contribution is 0.126. The van der Waals surface area contributed by atoms with Crippen LogP contribution in [0.2, 0.25) is 0 Å². The molecule has 3 saturated carbocycles. The molecule has 2 aromatic heterocycles. The number of hydrogen-bond acceptors (Lipinski definition) is 4. The van der Waals surface area contributed by atoms with Crippen LogP contribution in [0.3, 0.4) is 0 Å². The van der Waals surface area contributed by atoms with Crippen molar-refractivity contribution in [2.24, 2.45) is 5.92 Å². The maximum Gasteiger partial charge on any atom is 0.207 e. The van der Waals surface area contributed by atoms with Gasteiger partial charge in [0.2, 0.25) is 5.16 Å². The topological polar surface area (TPSA) is 43.1 Å². The van der Waals surface area contributed by atoms with Crippen molar-refractivity contribution >= 4 is 17.3 Å². The van der Waals surface area contributed by atoms with Crippen LogP contribution in [-0.4, -0.2) is 25.8 Å². The van der Waals surface area contributed by atoms with Gasteiger partial charge in [0.25, 0.3) is 0 Å². The van der Waals surface area contributed by atoms with Gasteiger partial charge in [0.1, 0.15) is 11.3 Å². The van der Waals surface area contributed by atoms with E-state index in [1.54, 1.807) is 11.8 Å². The first kappa shape index (κ1) is 11.7. The zero-order chi connectivity index (χ0) is 12.9. The predicted octanol–water partition coefficient (Wildman–Crippen LogP) is 3.07. The van der Waals surface area contributed by atoms with Crippen LogP contribution < -0.4 is 0 Å². The van der Waals surface area contributed by atoms with Crippen LogP contribution in [0.15, 0.2) is 17.6 Å². The minimum atomic E-state index is 0.283. The maximum absolute atomic E-state index is 4.71. The number of aromatic nitrogens is 4. The van der Waals surface area contributed by atoms with Gasteiger partial charge in [-0.1, -0.05) is 11.8 Å². The summed E-state index contributed by atoms with van der Waals surface area (Å²) in [6.45, 7) is 0. The van der Waals surface area contributed by atoms with E-state index >= 15 is 0 Å². The fraction of sp³-hybridized carbons (Fsp3) is 0.643. The average molecular weight is 274 g/mol. The molecular weight excluding hydrogens is 256 g/mol. The van der Waals surface area contributed by atoms with Gasteiger partial charge in [-0.15, -0.1) is 5.10 Å². The monoisotopic (exact) mass is 274 g/mol. The number of imidazole rings is 1. The molecule has 2 bridgehead atoms. The molecule has 0 saturated heterocycles. The second kappa shape index (κ2) is 4.20. The highest BCUT2D eigenvalue weighted by Gasteiger charge is 2.44. The van der Waals surface area contributed by atoms with Gasteiger partial charge < -0.3 is 0 Å². The molecule has 3 fully saturated rings. The van der Waals surface area contributed by atoms with E-state index < -0.39 is 0 Å². The first-order chi connectivity index (χ1) is 9.31. The Kier molecular flexibility index (Phi) is 2.59. The third-order valence-electron chi connectivity index (χ3n) is 5.01. The molecule has 0 aromatic carbocycles. The molecule has 2 heterocycles. The second-order valence-electron chi connectivity index (χ2n) is 5.93. The summed E-state index contributed by atoms with van der Waals surface area (Å²) in [5.41, 5.74) is 1.31. The SMILES string of the molecule is CSc1ncc2cnc(C34CCC(CC3)CC4)n2n1. The van der Waals surface area contributed by atoms with Gasteiger partial charge in [-0.2, -0.15) is 0 Å². The van der Waals surface area contributed by atoms with Crippen molar-refractivity contribution in [1.29, 1.82) is 0 Å². The maximum atomic E-state index is 4.71. The van der Waals surface area contributed by atoms with Crippen molar-refractivity contribution < 1.29 is 0 Å². The quantitative estimate of drug-likeness (QED) is 0.789. The predicted molar refractivity (Wildman–Crippen MR) is 75.4 cm³/mol. The van der Waals surface area contributed by atoms with E-state index in [0.29, 0.717) is 0 Å². The van der Waals surface area contributed by atoms with E-state index in [1.807, 2.05) is 23.2 Å². The number of rotatable bonds is 2. The number of nitrogens with zero attached hydrogens (tertiary/aromatic N) is 4. The summed E-state index contributed by atoms with van der Waals surface area (Å²) in [6, 6.07) is 0. The Bertz CT molecular complexity index is 599. The number of thioether (sulfide) groups is 1. The minimum absolute atomic E-state index is 0.283. The van der Waals surface area contributed by atoms with E-state index in [1.165, 1.54) is 44.3 Å². The average Bonchev–Trinajstić information content (AvgIpc) is 2.92. The molecule has 0 atom stereocenters. The molecule has 2 aromatic rings. The molecule has 0 spiro atoms. The zero-order valence-electron chi connectivity index (χ0n) is 11.2. The molecule has 100 valence electrons. The second-order valence-corrected chi connectivity index (χ2v) is 6.70. The van der Waals surface area contributed by atoms with Crippen LogP contribution >= 0.6 is 11.8 Å². The Labute approximate surface area is 117 Å². The van der Waals surface area contributed by atoms with Gasteiger partial charge in [0.05, 0.1) is 12.4 Å². The Morgan fingerprint density at radius 2 is 1.84 bits per heavy atom. The first-order valence-corrected chi connectivity index (χ1v) is 8.28. The van der Waals surface area contributed by atoms with Crippen molar-refractivity contribution in [3.63, 3.8) is 0 Å². The van der Waals surface area contributed by atoms with Crippen molar-refractivity contribution in [3.8, 4) is 0 Å². The summed E-state index contributed by atoms with van der Waals surface area (Å²) >= 11 is 1.59. The van der Waals surface area contributed by atoms with Gasteiger partial charge in [-0.05, 0) is 50.7 Å². The van der Waals surface area contributed by atoms with E-state index in [4.69, 9.17) is 4.98 Å². The van der Waals surface area contributed by atoms with Crippen molar-refractivity contribution in [2.75, 3.05) is 6.26 Å². The van der Waals surface area contributed by atoms with Gasteiger partial charge in [-0.3, -0.25) is 0 Å².